The van der Waals surface area contributed by atoms with Crippen molar-refractivity contribution in [3.63, 3.8) is 0 Å². The molecule has 0 bridgehead atoms. The summed E-state index contributed by atoms with van der Waals surface area (Å²) in [6.07, 6.45) is 1.81. The molecule has 1 aromatic heterocycles. The molecule has 0 radical (unpaired) electrons. The van der Waals surface area contributed by atoms with Crippen LogP contribution in [0.4, 0.5) is 11.4 Å². The molecule has 0 saturated heterocycles. The van der Waals surface area contributed by atoms with E-state index in [4.69, 9.17) is 4.74 Å². The maximum absolute atomic E-state index is 12.8. The smallest absolute Gasteiger partial charge is 0.285 e. The number of fused-ring (bicyclic) bond motifs is 1. The van der Waals surface area contributed by atoms with Crippen molar-refractivity contribution < 1.29 is 14.5 Å². The minimum Gasteiger partial charge on any atom is -0.495 e. The molecule has 1 heterocycles. The standard InChI is InChI=1S/C23H19N3O4S2/c1-13-4-9-17-20(10-13)32-23(25-17)14-5-7-15(8-6-14)24-22(27)16-11-21(31-3)19(30-2)12-18(16)26(28)29/h4-12H,1-3H3,(H,24,27). The van der Waals surface area contributed by atoms with Crippen LogP contribution in [-0.2, 0) is 0 Å². The molecule has 0 saturated carbocycles. The number of methoxy groups -OCH3 is 1. The quantitative estimate of drug-likeness (QED) is 0.208. The molecule has 162 valence electrons. The number of nitro groups is 1. The number of hydrogen-bond acceptors (Lipinski definition) is 7. The fourth-order valence-corrected chi connectivity index (χ4v) is 4.90. The number of carbonyl (C=O) groups is 1. The van der Waals surface area contributed by atoms with Crippen LogP contribution in [0.5, 0.6) is 5.75 Å². The predicted molar refractivity (Wildman–Crippen MR) is 129 cm³/mol. The van der Waals surface area contributed by atoms with Gasteiger partial charge in [0.1, 0.15) is 16.3 Å². The van der Waals surface area contributed by atoms with Crippen LogP contribution in [-0.4, -0.2) is 29.2 Å². The number of nitrogens with zero attached hydrogens (tertiary/aromatic N) is 2. The molecule has 0 aliphatic rings. The number of nitrogens with one attached hydrogen (secondary N) is 1. The maximum Gasteiger partial charge on any atom is 0.285 e. The van der Waals surface area contributed by atoms with Gasteiger partial charge in [0.05, 0.1) is 33.2 Å². The summed E-state index contributed by atoms with van der Waals surface area (Å²) in [7, 11) is 1.44. The van der Waals surface area contributed by atoms with Gasteiger partial charge in [0.2, 0.25) is 0 Å². The summed E-state index contributed by atoms with van der Waals surface area (Å²) in [5.74, 6) is -0.200. The Morgan fingerprint density at radius 3 is 2.56 bits per heavy atom. The molecule has 0 atom stereocenters. The van der Waals surface area contributed by atoms with E-state index in [0.29, 0.717) is 16.3 Å². The minimum atomic E-state index is -0.584. The van der Waals surface area contributed by atoms with Crippen molar-refractivity contribution in [2.45, 2.75) is 11.8 Å². The van der Waals surface area contributed by atoms with Gasteiger partial charge >= 0.3 is 0 Å². The lowest BCUT2D eigenvalue weighted by molar-refractivity contribution is -0.385. The van der Waals surface area contributed by atoms with Crippen LogP contribution in [0.1, 0.15) is 15.9 Å². The summed E-state index contributed by atoms with van der Waals surface area (Å²) in [5.41, 5.74) is 3.27. The van der Waals surface area contributed by atoms with Crippen LogP contribution in [0.25, 0.3) is 20.8 Å². The largest absolute Gasteiger partial charge is 0.495 e. The van der Waals surface area contributed by atoms with Crippen molar-refractivity contribution in [1.29, 1.82) is 0 Å². The average Bonchev–Trinajstić information content (AvgIpc) is 3.21. The summed E-state index contributed by atoms with van der Waals surface area (Å²) in [6.45, 7) is 2.05. The molecule has 1 N–H and O–H groups in total. The molecular formula is C23H19N3O4S2. The number of hydrogen-bond donors (Lipinski definition) is 1. The van der Waals surface area contributed by atoms with Crippen molar-refractivity contribution in [1.82, 2.24) is 4.98 Å². The maximum atomic E-state index is 12.8. The minimum absolute atomic E-state index is 0.0224. The zero-order chi connectivity index (χ0) is 22.8. The third-order valence-corrected chi connectivity index (χ3v) is 6.70. The topological polar surface area (TPSA) is 94.4 Å². The van der Waals surface area contributed by atoms with Crippen LogP contribution in [0.15, 0.2) is 59.5 Å². The van der Waals surface area contributed by atoms with Gasteiger partial charge in [-0.1, -0.05) is 6.07 Å². The van der Waals surface area contributed by atoms with Gasteiger partial charge in [-0.2, -0.15) is 0 Å². The molecule has 0 unspecified atom stereocenters. The van der Waals surface area contributed by atoms with Gasteiger partial charge in [0.25, 0.3) is 11.6 Å². The molecule has 4 aromatic rings. The highest BCUT2D eigenvalue weighted by atomic mass is 32.2. The number of anilines is 1. The molecule has 0 spiro atoms. The number of nitro benzene ring substituents is 1. The Hall–Kier alpha value is -3.43. The van der Waals surface area contributed by atoms with Crippen molar-refractivity contribution in [2.24, 2.45) is 0 Å². The van der Waals surface area contributed by atoms with Crippen LogP contribution >= 0.6 is 23.1 Å². The molecule has 0 fully saturated rings. The fraction of sp³-hybridized carbons (Fsp3) is 0.130. The van der Waals surface area contributed by atoms with E-state index in [1.165, 1.54) is 36.6 Å². The Bertz CT molecular complexity index is 1330. The zero-order valence-corrected chi connectivity index (χ0v) is 19.2. The Morgan fingerprint density at radius 2 is 1.91 bits per heavy atom. The Kier molecular flexibility index (Phi) is 6.11. The lowest BCUT2D eigenvalue weighted by Crippen LogP contribution is -2.14. The zero-order valence-electron chi connectivity index (χ0n) is 17.5. The van der Waals surface area contributed by atoms with Crippen LogP contribution in [0.3, 0.4) is 0 Å². The SMILES string of the molecule is COc1cc([N+](=O)[O-])c(C(=O)Nc2ccc(-c3nc4ccc(C)cc4s3)cc2)cc1SC. The van der Waals surface area contributed by atoms with Crippen molar-refractivity contribution >= 4 is 50.6 Å². The summed E-state index contributed by atoms with van der Waals surface area (Å²) < 4.78 is 6.32. The predicted octanol–water partition coefficient (Wildman–Crippen LogP) is 6.16. The summed E-state index contributed by atoms with van der Waals surface area (Å²) in [5, 5.41) is 15.1. The number of rotatable bonds is 6. The highest BCUT2D eigenvalue weighted by molar-refractivity contribution is 7.98. The molecule has 9 heteroatoms. The van der Waals surface area contributed by atoms with E-state index >= 15 is 0 Å². The number of thiazole rings is 1. The number of aryl methyl sites for hydroxylation is 1. The van der Waals surface area contributed by atoms with Crippen LogP contribution < -0.4 is 10.1 Å². The van der Waals surface area contributed by atoms with E-state index in [0.717, 1.165) is 20.8 Å². The van der Waals surface area contributed by atoms with E-state index in [2.05, 4.69) is 16.4 Å². The molecule has 4 rings (SSSR count). The number of benzene rings is 3. The van der Waals surface area contributed by atoms with Crippen LogP contribution in [0, 0.1) is 17.0 Å². The molecule has 32 heavy (non-hydrogen) atoms. The lowest BCUT2D eigenvalue weighted by Gasteiger charge is -2.10. The van der Waals surface area contributed by atoms with Crippen LogP contribution in [0.2, 0.25) is 0 Å². The third kappa shape index (κ3) is 4.30. The van der Waals surface area contributed by atoms with Gasteiger partial charge < -0.3 is 10.1 Å². The number of carbonyl (C=O) groups excluding carboxylic acids is 1. The number of thioether (sulfide) groups is 1. The molecule has 0 aliphatic heterocycles. The van der Waals surface area contributed by atoms with E-state index in [-0.39, 0.29) is 11.3 Å². The number of ether oxygens (including phenoxy) is 1. The lowest BCUT2D eigenvalue weighted by atomic mass is 10.1. The fourth-order valence-electron chi connectivity index (χ4n) is 3.25. The highest BCUT2D eigenvalue weighted by Gasteiger charge is 2.24. The molecule has 3 aromatic carbocycles. The Labute approximate surface area is 192 Å². The van der Waals surface area contributed by atoms with Crippen molar-refractivity contribution in [3.8, 4) is 16.3 Å². The normalized spacial score (nSPS) is 10.8. The van der Waals surface area contributed by atoms with E-state index < -0.39 is 10.8 Å². The van der Waals surface area contributed by atoms with Gasteiger partial charge in [0, 0.05) is 11.3 Å². The second-order valence-electron chi connectivity index (χ2n) is 7.00. The Morgan fingerprint density at radius 1 is 1.16 bits per heavy atom. The first kappa shape index (κ1) is 21.8. The number of aromatic nitrogens is 1. The monoisotopic (exact) mass is 465 g/mol. The molecule has 1 amide bonds. The van der Waals surface area contributed by atoms with Gasteiger partial charge in [-0.3, -0.25) is 14.9 Å². The number of amides is 1. The first-order valence-electron chi connectivity index (χ1n) is 9.59. The van der Waals surface area contributed by atoms with Crippen molar-refractivity contribution in [2.75, 3.05) is 18.7 Å². The third-order valence-electron chi connectivity index (χ3n) is 4.88. The van der Waals surface area contributed by atoms with Gasteiger partial charge in [-0.25, -0.2) is 4.98 Å². The second-order valence-corrected chi connectivity index (χ2v) is 8.88. The first-order valence-corrected chi connectivity index (χ1v) is 11.6. The Balaban J connectivity index is 1.59. The van der Waals surface area contributed by atoms with Gasteiger partial charge in [-0.15, -0.1) is 23.1 Å². The first-order chi connectivity index (χ1) is 15.4. The van der Waals surface area contributed by atoms with E-state index in [9.17, 15) is 14.9 Å². The summed E-state index contributed by atoms with van der Waals surface area (Å²) >= 11 is 2.95. The van der Waals surface area contributed by atoms with Crippen molar-refractivity contribution in [3.05, 3.63) is 75.8 Å². The van der Waals surface area contributed by atoms with E-state index in [1.807, 2.05) is 37.4 Å². The summed E-state index contributed by atoms with van der Waals surface area (Å²) in [4.78, 5) is 29.1. The molecular weight excluding hydrogens is 446 g/mol. The summed E-state index contributed by atoms with van der Waals surface area (Å²) in [6, 6.07) is 16.2. The van der Waals surface area contributed by atoms with Gasteiger partial charge in [0.15, 0.2) is 0 Å². The van der Waals surface area contributed by atoms with Gasteiger partial charge in [-0.05, 0) is 61.2 Å². The van der Waals surface area contributed by atoms with E-state index in [1.54, 1.807) is 23.5 Å². The highest BCUT2D eigenvalue weighted by Crippen LogP contribution is 2.35. The average molecular weight is 466 g/mol. The molecule has 0 aliphatic carbocycles. The molecule has 7 nitrogen and oxygen atoms in total. The second kappa shape index (κ2) is 8.97.